The van der Waals surface area contributed by atoms with Crippen LogP contribution in [0.2, 0.25) is 0 Å². The quantitative estimate of drug-likeness (QED) is 0.687. The number of hydrogen-bond donors (Lipinski definition) is 2. The first kappa shape index (κ1) is 18.4. The molecule has 4 rings (SSSR count). The third-order valence-electron chi connectivity index (χ3n) is 4.84. The SMILES string of the molecule is CNc1cc(C)nc(Nc2ccc(OC)c(C3=C(C#N)c4ccncc4C3)c2)n1. The molecule has 0 atom stereocenters. The van der Waals surface area contributed by atoms with Gasteiger partial charge in [0.15, 0.2) is 0 Å². The van der Waals surface area contributed by atoms with E-state index in [4.69, 9.17) is 4.74 Å². The average molecular weight is 384 g/mol. The molecular formula is C22H20N6O. The predicted molar refractivity (Wildman–Crippen MR) is 113 cm³/mol. The van der Waals surface area contributed by atoms with Crippen molar-refractivity contribution >= 4 is 28.6 Å². The number of allylic oxidation sites excluding steroid dienone is 2. The lowest BCUT2D eigenvalue weighted by atomic mass is 9.99. The molecule has 0 bridgehead atoms. The zero-order valence-corrected chi connectivity index (χ0v) is 16.4. The van der Waals surface area contributed by atoms with Gasteiger partial charge in [-0.1, -0.05) is 0 Å². The van der Waals surface area contributed by atoms with Crippen molar-refractivity contribution in [2.75, 3.05) is 24.8 Å². The van der Waals surface area contributed by atoms with E-state index in [1.807, 2.05) is 50.5 Å². The number of ether oxygens (including phenoxy) is 1. The Morgan fingerprint density at radius 1 is 1.14 bits per heavy atom. The molecule has 2 aromatic heterocycles. The van der Waals surface area contributed by atoms with E-state index >= 15 is 0 Å². The number of anilines is 3. The van der Waals surface area contributed by atoms with Crippen LogP contribution in [0.1, 0.15) is 22.4 Å². The number of benzene rings is 1. The molecule has 0 saturated carbocycles. The molecule has 0 radical (unpaired) electrons. The Kier molecular flexibility index (Phi) is 4.83. The Bertz CT molecular complexity index is 1160. The Hall–Kier alpha value is -3.92. The molecule has 7 nitrogen and oxygen atoms in total. The Morgan fingerprint density at radius 3 is 2.76 bits per heavy atom. The molecule has 1 aromatic carbocycles. The average Bonchev–Trinajstić information content (AvgIpc) is 3.11. The molecule has 2 N–H and O–H groups in total. The summed E-state index contributed by atoms with van der Waals surface area (Å²) in [5.74, 6) is 1.95. The number of rotatable bonds is 5. The Morgan fingerprint density at radius 2 is 2.00 bits per heavy atom. The van der Waals surface area contributed by atoms with Gasteiger partial charge in [-0.15, -0.1) is 0 Å². The number of aryl methyl sites for hydroxylation is 1. The van der Waals surface area contributed by atoms with E-state index in [1.54, 1.807) is 13.3 Å². The number of nitrogens with zero attached hydrogens (tertiary/aromatic N) is 4. The van der Waals surface area contributed by atoms with E-state index in [0.29, 0.717) is 23.7 Å². The summed E-state index contributed by atoms with van der Waals surface area (Å²) in [5, 5.41) is 16.1. The third-order valence-corrected chi connectivity index (χ3v) is 4.84. The second-order valence-corrected chi connectivity index (χ2v) is 6.68. The smallest absolute Gasteiger partial charge is 0.229 e. The second-order valence-electron chi connectivity index (χ2n) is 6.68. The Labute approximate surface area is 169 Å². The standard InChI is InChI=1S/C22H20N6O/c1-13-8-21(24-2)28-22(26-13)27-15-4-5-20(29-3)18(10-15)17-9-14-12-25-7-6-16(14)19(17)11-23/h4-8,10,12H,9H2,1-3H3,(H2,24,26,27,28). The van der Waals surface area contributed by atoms with Gasteiger partial charge in [-0.3, -0.25) is 4.98 Å². The fourth-order valence-electron chi connectivity index (χ4n) is 3.51. The van der Waals surface area contributed by atoms with E-state index < -0.39 is 0 Å². The highest BCUT2D eigenvalue weighted by Crippen LogP contribution is 2.41. The molecule has 0 amide bonds. The highest BCUT2D eigenvalue weighted by atomic mass is 16.5. The zero-order chi connectivity index (χ0) is 20.4. The molecule has 0 aliphatic heterocycles. The predicted octanol–water partition coefficient (Wildman–Crippen LogP) is 3.96. The van der Waals surface area contributed by atoms with Crippen LogP contribution in [0, 0.1) is 18.3 Å². The summed E-state index contributed by atoms with van der Waals surface area (Å²) in [6.07, 6.45) is 4.16. The summed E-state index contributed by atoms with van der Waals surface area (Å²) >= 11 is 0. The fourth-order valence-corrected chi connectivity index (χ4v) is 3.51. The molecule has 0 saturated heterocycles. The first-order chi connectivity index (χ1) is 14.1. The van der Waals surface area contributed by atoms with Crippen LogP contribution in [-0.2, 0) is 6.42 Å². The van der Waals surface area contributed by atoms with Gasteiger partial charge in [-0.25, -0.2) is 4.98 Å². The minimum atomic E-state index is 0.499. The van der Waals surface area contributed by atoms with Gasteiger partial charge in [0.05, 0.1) is 12.7 Å². The lowest BCUT2D eigenvalue weighted by molar-refractivity contribution is 0.413. The van der Waals surface area contributed by atoms with Crippen LogP contribution < -0.4 is 15.4 Å². The topological polar surface area (TPSA) is 95.8 Å². The molecule has 1 aliphatic rings. The van der Waals surface area contributed by atoms with Gasteiger partial charge in [0.25, 0.3) is 0 Å². The minimum Gasteiger partial charge on any atom is -0.496 e. The van der Waals surface area contributed by atoms with Crippen molar-refractivity contribution in [3.8, 4) is 11.8 Å². The molecule has 29 heavy (non-hydrogen) atoms. The summed E-state index contributed by atoms with van der Waals surface area (Å²) in [5.41, 5.74) is 6.09. The summed E-state index contributed by atoms with van der Waals surface area (Å²) in [6, 6.07) is 11.9. The summed E-state index contributed by atoms with van der Waals surface area (Å²) in [7, 11) is 3.45. The highest BCUT2D eigenvalue weighted by molar-refractivity contribution is 6.03. The maximum Gasteiger partial charge on any atom is 0.229 e. The first-order valence-corrected chi connectivity index (χ1v) is 9.18. The molecule has 3 aromatic rings. The monoisotopic (exact) mass is 384 g/mol. The van der Waals surface area contributed by atoms with Crippen molar-refractivity contribution in [1.82, 2.24) is 15.0 Å². The van der Waals surface area contributed by atoms with E-state index in [1.165, 1.54) is 0 Å². The van der Waals surface area contributed by atoms with Gasteiger partial charge in [0.2, 0.25) is 5.95 Å². The molecule has 1 aliphatic carbocycles. The van der Waals surface area contributed by atoms with Crippen LogP contribution >= 0.6 is 0 Å². The van der Waals surface area contributed by atoms with Crippen LogP contribution in [0.25, 0.3) is 11.1 Å². The Balaban J connectivity index is 1.76. The first-order valence-electron chi connectivity index (χ1n) is 9.18. The number of aromatic nitrogens is 3. The third kappa shape index (κ3) is 3.48. The summed E-state index contributed by atoms with van der Waals surface area (Å²) < 4.78 is 5.58. The molecule has 0 spiro atoms. The maximum atomic E-state index is 9.79. The van der Waals surface area contributed by atoms with Gasteiger partial charge >= 0.3 is 0 Å². The molecule has 0 unspecified atom stereocenters. The number of hydrogen-bond acceptors (Lipinski definition) is 7. The van der Waals surface area contributed by atoms with Crippen LogP contribution in [0.3, 0.4) is 0 Å². The highest BCUT2D eigenvalue weighted by Gasteiger charge is 2.25. The van der Waals surface area contributed by atoms with Gasteiger partial charge < -0.3 is 15.4 Å². The van der Waals surface area contributed by atoms with Gasteiger partial charge in [0, 0.05) is 48.9 Å². The largest absolute Gasteiger partial charge is 0.496 e. The van der Waals surface area contributed by atoms with Gasteiger partial charge in [0.1, 0.15) is 17.6 Å². The molecule has 0 fully saturated rings. The number of nitrogens with one attached hydrogen (secondary N) is 2. The number of pyridine rings is 1. The lowest BCUT2D eigenvalue weighted by Gasteiger charge is -2.14. The zero-order valence-electron chi connectivity index (χ0n) is 16.4. The van der Waals surface area contributed by atoms with Crippen molar-refractivity contribution in [3.05, 3.63) is 65.1 Å². The van der Waals surface area contributed by atoms with Crippen molar-refractivity contribution < 1.29 is 4.74 Å². The van der Waals surface area contributed by atoms with E-state index in [-0.39, 0.29) is 0 Å². The molecule has 7 heteroatoms. The normalized spacial score (nSPS) is 12.3. The van der Waals surface area contributed by atoms with Crippen LogP contribution in [0.15, 0.2) is 42.7 Å². The maximum absolute atomic E-state index is 9.79. The molecule has 144 valence electrons. The second kappa shape index (κ2) is 7.60. The minimum absolute atomic E-state index is 0.499. The van der Waals surface area contributed by atoms with Crippen molar-refractivity contribution in [2.45, 2.75) is 13.3 Å². The molecule has 2 heterocycles. The molecular weight excluding hydrogens is 364 g/mol. The van der Waals surface area contributed by atoms with E-state index in [9.17, 15) is 5.26 Å². The van der Waals surface area contributed by atoms with E-state index in [2.05, 4.69) is 31.7 Å². The number of methoxy groups -OCH3 is 1. The number of fused-ring (bicyclic) bond motifs is 1. The van der Waals surface area contributed by atoms with Crippen LogP contribution in [0.4, 0.5) is 17.5 Å². The lowest BCUT2D eigenvalue weighted by Crippen LogP contribution is -2.03. The summed E-state index contributed by atoms with van der Waals surface area (Å²) in [4.78, 5) is 13.1. The van der Waals surface area contributed by atoms with E-state index in [0.717, 1.165) is 39.5 Å². The van der Waals surface area contributed by atoms with Crippen molar-refractivity contribution in [1.29, 1.82) is 5.26 Å². The van der Waals surface area contributed by atoms with Crippen molar-refractivity contribution in [2.24, 2.45) is 0 Å². The van der Waals surface area contributed by atoms with Gasteiger partial charge in [-0.2, -0.15) is 10.2 Å². The van der Waals surface area contributed by atoms with Crippen molar-refractivity contribution in [3.63, 3.8) is 0 Å². The number of nitriles is 1. The summed E-state index contributed by atoms with van der Waals surface area (Å²) in [6.45, 7) is 1.92. The van der Waals surface area contributed by atoms with Crippen LogP contribution in [-0.4, -0.2) is 29.1 Å². The fraction of sp³-hybridized carbons (Fsp3) is 0.182. The van der Waals surface area contributed by atoms with Crippen LogP contribution in [0.5, 0.6) is 5.75 Å². The van der Waals surface area contributed by atoms with Gasteiger partial charge in [-0.05, 0) is 47.9 Å².